The van der Waals surface area contributed by atoms with E-state index in [1.54, 1.807) is 0 Å². The van der Waals surface area contributed by atoms with Crippen LogP contribution in [0.25, 0.3) is 0 Å². The van der Waals surface area contributed by atoms with E-state index in [2.05, 4.69) is 5.32 Å². The van der Waals surface area contributed by atoms with Gasteiger partial charge in [-0.2, -0.15) is 0 Å². The van der Waals surface area contributed by atoms with Crippen molar-refractivity contribution < 1.29 is 24.2 Å². The molecule has 6 heteroatoms. The van der Waals surface area contributed by atoms with Crippen molar-refractivity contribution >= 4 is 12.1 Å². The molecule has 0 aliphatic heterocycles. The molecule has 4 saturated carbocycles. The van der Waals surface area contributed by atoms with Gasteiger partial charge in [-0.25, -0.2) is 9.59 Å². The summed E-state index contributed by atoms with van der Waals surface area (Å²) in [5, 5.41) is 12.0. The van der Waals surface area contributed by atoms with Crippen LogP contribution in [0.2, 0.25) is 0 Å². The largest absolute Gasteiger partial charge is 0.480 e. The molecule has 176 valence electrons. The molecule has 1 amide bonds. The quantitative estimate of drug-likeness (QED) is 0.560. The fourth-order valence-corrected chi connectivity index (χ4v) is 7.30. The monoisotopic (exact) mass is 435 g/mol. The highest BCUT2D eigenvalue weighted by atomic mass is 16.5. The van der Waals surface area contributed by atoms with Gasteiger partial charge >= 0.3 is 12.1 Å². The van der Waals surface area contributed by atoms with Crippen LogP contribution in [-0.2, 0) is 14.3 Å². The van der Waals surface area contributed by atoms with E-state index in [4.69, 9.17) is 9.47 Å². The molecule has 0 spiro atoms. The first-order valence-electron chi connectivity index (χ1n) is 12.9. The minimum absolute atomic E-state index is 0.000238. The number of carboxylic acid groups (broad SMARTS) is 1. The molecule has 5 atom stereocenters. The number of fused-ring (bicyclic) bond motifs is 3. The van der Waals surface area contributed by atoms with E-state index in [-0.39, 0.29) is 6.61 Å². The van der Waals surface area contributed by atoms with Crippen LogP contribution in [0.5, 0.6) is 0 Å². The molecule has 4 aliphatic carbocycles. The average molecular weight is 436 g/mol. The molecule has 5 unspecified atom stereocenters. The Labute approximate surface area is 186 Å². The van der Waals surface area contributed by atoms with Gasteiger partial charge in [0, 0.05) is 6.61 Å². The Bertz CT molecular complexity index is 583. The molecule has 2 N–H and O–H groups in total. The van der Waals surface area contributed by atoms with Crippen LogP contribution in [-0.4, -0.2) is 43.0 Å². The van der Waals surface area contributed by atoms with Crippen LogP contribution in [0.15, 0.2) is 0 Å². The number of nitrogens with one attached hydrogen (secondary N) is 1. The van der Waals surface area contributed by atoms with Gasteiger partial charge < -0.3 is 19.9 Å². The highest BCUT2D eigenvalue weighted by Gasteiger charge is 2.51. The molecule has 31 heavy (non-hydrogen) atoms. The third kappa shape index (κ3) is 5.74. The SMILES string of the molecule is O=C(NC(COCC1CCCCC1)C(=O)O)OCC1C2CCCCC2C2CCCCC21. The lowest BCUT2D eigenvalue weighted by Gasteiger charge is -2.32. The second-order valence-electron chi connectivity index (χ2n) is 10.6. The van der Waals surface area contributed by atoms with E-state index >= 15 is 0 Å². The van der Waals surface area contributed by atoms with Gasteiger partial charge in [0.05, 0.1) is 13.2 Å². The van der Waals surface area contributed by atoms with Crippen molar-refractivity contribution in [1.82, 2.24) is 5.32 Å². The second kappa shape index (κ2) is 11.0. The lowest BCUT2D eigenvalue weighted by molar-refractivity contribution is -0.141. The van der Waals surface area contributed by atoms with Crippen LogP contribution in [0.4, 0.5) is 4.79 Å². The van der Waals surface area contributed by atoms with Gasteiger partial charge in [-0.05, 0) is 74.0 Å². The number of carbonyl (C=O) groups is 2. The number of ether oxygens (including phenoxy) is 2. The zero-order chi connectivity index (χ0) is 21.6. The molecule has 0 aromatic heterocycles. The van der Waals surface area contributed by atoms with Crippen molar-refractivity contribution in [3.05, 3.63) is 0 Å². The number of rotatable bonds is 8. The number of alkyl carbamates (subject to hydrolysis) is 1. The molecule has 6 nitrogen and oxygen atoms in total. The predicted octanol–water partition coefficient (Wildman–Crippen LogP) is 5.01. The molecule has 0 radical (unpaired) electrons. The zero-order valence-corrected chi connectivity index (χ0v) is 18.9. The first-order valence-corrected chi connectivity index (χ1v) is 12.9. The van der Waals surface area contributed by atoms with E-state index < -0.39 is 18.1 Å². The van der Waals surface area contributed by atoms with Gasteiger partial charge in [0.15, 0.2) is 6.04 Å². The molecular formula is C25H41NO5. The maximum absolute atomic E-state index is 12.4. The Kier molecular flexibility index (Phi) is 8.13. The number of aliphatic carboxylic acids is 1. The highest BCUT2D eigenvalue weighted by molar-refractivity contribution is 5.80. The summed E-state index contributed by atoms with van der Waals surface area (Å²) in [6.45, 7) is 1.01. The van der Waals surface area contributed by atoms with Crippen LogP contribution in [0, 0.1) is 35.5 Å². The second-order valence-corrected chi connectivity index (χ2v) is 10.6. The lowest BCUT2D eigenvalue weighted by atomic mass is 9.73. The number of carbonyl (C=O) groups excluding carboxylic acids is 1. The molecule has 0 saturated heterocycles. The van der Waals surface area contributed by atoms with Gasteiger partial charge in [0.1, 0.15) is 0 Å². The third-order valence-corrected chi connectivity index (χ3v) is 8.76. The van der Waals surface area contributed by atoms with Crippen LogP contribution < -0.4 is 5.32 Å². The normalized spacial score (nSPS) is 34.4. The Balaban J connectivity index is 1.24. The van der Waals surface area contributed by atoms with Crippen molar-refractivity contribution in [3.8, 4) is 0 Å². The summed E-state index contributed by atoms with van der Waals surface area (Å²) in [7, 11) is 0. The van der Waals surface area contributed by atoms with Gasteiger partial charge in [0.2, 0.25) is 0 Å². The Morgan fingerprint density at radius 2 is 1.32 bits per heavy atom. The maximum atomic E-state index is 12.4. The maximum Gasteiger partial charge on any atom is 0.407 e. The molecule has 0 aromatic rings. The molecule has 0 bridgehead atoms. The Hall–Kier alpha value is -1.30. The highest BCUT2D eigenvalue weighted by Crippen LogP contribution is 2.57. The summed E-state index contributed by atoms with van der Waals surface area (Å²) in [6, 6.07) is -1.05. The molecule has 4 rings (SSSR count). The summed E-state index contributed by atoms with van der Waals surface area (Å²) in [5.41, 5.74) is 0. The first-order chi connectivity index (χ1) is 15.1. The number of carboxylic acids is 1. The van der Waals surface area contributed by atoms with E-state index in [0.717, 1.165) is 24.7 Å². The topological polar surface area (TPSA) is 84.9 Å². The van der Waals surface area contributed by atoms with Crippen molar-refractivity contribution in [3.63, 3.8) is 0 Å². The van der Waals surface area contributed by atoms with Crippen LogP contribution in [0.3, 0.4) is 0 Å². The molecule has 0 aromatic carbocycles. The standard InChI is InChI=1S/C25H41NO5/c27-24(28)23(16-30-14-17-8-2-1-3-9-17)26-25(29)31-15-22-20-12-6-4-10-18(20)19-11-5-7-13-21(19)22/h17-23H,1-16H2,(H,26,29)(H,27,28). The summed E-state index contributed by atoms with van der Waals surface area (Å²) in [5.74, 6) is 2.90. The average Bonchev–Trinajstić information content (AvgIpc) is 3.11. The molecule has 4 aliphatic rings. The lowest BCUT2D eigenvalue weighted by Crippen LogP contribution is -2.45. The Morgan fingerprint density at radius 3 is 1.90 bits per heavy atom. The molecule has 4 fully saturated rings. The van der Waals surface area contributed by atoms with Gasteiger partial charge in [0.25, 0.3) is 0 Å². The van der Waals surface area contributed by atoms with E-state index in [0.29, 0.717) is 36.9 Å². The Morgan fingerprint density at radius 1 is 0.774 bits per heavy atom. The van der Waals surface area contributed by atoms with Crippen molar-refractivity contribution in [1.29, 1.82) is 0 Å². The van der Waals surface area contributed by atoms with Gasteiger partial charge in [-0.3, -0.25) is 0 Å². The number of amides is 1. The summed E-state index contributed by atoms with van der Waals surface area (Å²) in [6.07, 6.45) is 15.9. The minimum Gasteiger partial charge on any atom is -0.480 e. The fourth-order valence-electron chi connectivity index (χ4n) is 7.30. The summed E-state index contributed by atoms with van der Waals surface area (Å²) < 4.78 is 11.3. The zero-order valence-electron chi connectivity index (χ0n) is 18.9. The minimum atomic E-state index is -1.07. The fraction of sp³-hybridized carbons (Fsp3) is 0.920. The van der Waals surface area contributed by atoms with E-state index in [9.17, 15) is 14.7 Å². The third-order valence-electron chi connectivity index (χ3n) is 8.76. The van der Waals surface area contributed by atoms with Gasteiger partial charge in [-0.15, -0.1) is 0 Å². The van der Waals surface area contributed by atoms with E-state index in [1.807, 2.05) is 0 Å². The first kappa shape index (κ1) is 22.9. The predicted molar refractivity (Wildman–Crippen MR) is 118 cm³/mol. The summed E-state index contributed by atoms with van der Waals surface area (Å²) >= 11 is 0. The van der Waals surface area contributed by atoms with Crippen LogP contribution >= 0.6 is 0 Å². The number of hydrogen-bond donors (Lipinski definition) is 2. The summed E-state index contributed by atoms with van der Waals surface area (Å²) in [4.78, 5) is 24.1. The van der Waals surface area contributed by atoms with Crippen molar-refractivity contribution in [2.75, 3.05) is 19.8 Å². The smallest absolute Gasteiger partial charge is 0.407 e. The number of hydrogen-bond acceptors (Lipinski definition) is 4. The molecular weight excluding hydrogens is 394 g/mol. The van der Waals surface area contributed by atoms with Gasteiger partial charge in [-0.1, -0.05) is 44.9 Å². The van der Waals surface area contributed by atoms with Crippen LogP contribution in [0.1, 0.15) is 83.5 Å². The van der Waals surface area contributed by atoms with Crippen molar-refractivity contribution in [2.45, 2.75) is 89.5 Å². The van der Waals surface area contributed by atoms with Crippen molar-refractivity contribution in [2.24, 2.45) is 35.5 Å². The van der Waals surface area contributed by atoms with E-state index in [1.165, 1.54) is 70.6 Å². The molecule has 0 heterocycles.